The molecule has 8 heteroatoms. The number of thiocarbonyl (C=S) groups is 1. The second-order valence-electron chi connectivity index (χ2n) is 3.63. The van der Waals surface area contributed by atoms with Crippen molar-refractivity contribution in [2.24, 2.45) is 17.9 Å². The van der Waals surface area contributed by atoms with E-state index in [1.165, 1.54) is 6.21 Å². The fourth-order valence-corrected chi connectivity index (χ4v) is 2.44. The molecule has 2 aromatic rings. The molecule has 98 valence electrons. The summed E-state index contributed by atoms with van der Waals surface area (Å²) in [5.41, 5.74) is 7.74. The predicted octanol–water partition coefficient (Wildman–Crippen LogP) is -0.109. The van der Waals surface area contributed by atoms with Crippen LogP contribution in [0.2, 0.25) is 0 Å². The number of thiazole rings is 1. The van der Waals surface area contributed by atoms with Gasteiger partial charge in [-0.25, -0.2) is 9.36 Å². The molecule has 0 aliphatic carbocycles. The van der Waals surface area contributed by atoms with Crippen LogP contribution < -0.4 is 20.6 Å². The standard InChI is InChI=1S/C11H11N5OS2/c1-15-9(16-5-3-2-4-6-16)8(19-11(15)17)7-13-14-10(12)18/h2-7H,1H3,(H2-,12,14,18)/p+1. The van der Waals surface area contributed by atoms with E-state index in [4.69, 9.17) is 5.73 Å². The third-order valence-corrected chi connectivity index (χ3v) is 3.37. The normalized spacial score (nSPS) is 10.8. The van der Waals surface area contributed by atoms with Gasteiger partial charge >= 0.3 is 10.7 Å². The molecular formula is C11H12N5OS2+. The van der Waals surface area contributed by atoms with Crippen LogP contribution in [0.4, 0.5) is 0 Å². The Bertz CT molecular complexity index is 674. The molecule has 0 amide bonds. The monoisotopic (exact) mass is 294 g/mol. The Kier molecular flexibility index (Phi) is 4.03. The third kappa shape index (κ3) is 3.04. The van der Waals surface area contributed by atoms with Gasteiger partial charge in [0.25, 0.3) is 0 Å². The minimum Gasteiger partial charge on any atom is -0.375 e. The van der Waals surface area contributed by atoms with E-state index in [2.05, 4.69) is 22.7 Å². The third-order valence-electron chi connectivity index (χ3n) is 2.33. The molecule has 0 aliphatic heterocycles. The van der Waals surface area contributed by atoms with Crippen LogP contribution in [0.15, 0.2) is 40.5 Å². The fraction of sp³-hybridized carbons (Fsp3) is 0.0909. The molecule has 19 heavy (non-hydrogen) atoms. The molecule has 0 fully saturated rings. The van der Waals surface area contributed by atoms with Crippen LogP contribution in [0.1, 0.15) is 4.88 Å². The Morgan fingerprint density at radius 2 is 2.21 bits per heavy atom. The van der Waals surface area contributed by atoms with E-state index >= 15 is 0 Å². The average molecular weight is 294 g/mol. The van der Waals surface area contributed by atoms with Crippen molar-refractivity contribution in [3.05, 3.63) is 45.1 Å². The maximum Gasteiger partial charge on any atom is 0.392 e. The quantitative estimate of drug-likeness (QED) is 0.358. The first-order valence-electron chi connectivity index (χ1n) is 5.34. The van der Waals surface area contributed by atoms with Gasteiger partial charge in [-0.1, -0.05) is 6.07 Å². The van der Waals surface area contributed by atoms with Crippen LogP contribution in [0.3, 0.4) is 0 Å². The summed E-state index contributed by atoms with van der Waals surface area (Å²) in [5.74, 6) is 0.740. The Morgan fingerprint density at radius 1 is 1.53 bits per heavy atom. The summed E-state index contributed by atoms with van der Waals surface area (Å²) >= 11 is 5.75. The van der Waals surface area contributed by atoms with Gasteiger partial charge in [0.05, 0.1) is 25.7 Å². The summed E-state index contributed by atoms with van der Waals surface area (Å²) in [5, 5.41) is 3.96. The number of pyridine rings is 1. The Labute approximate surface area is 118 Å². The van der Waals surface area contributed by atoms with Gasteiger partial charge in [-0.3, -0.25) is 5.43 Å². The summed E-state index contributed by atoms with van der Waals surface area (Å²) in [6, 6.07) is 5.68. The van der Waals surface area contributed by atoms with Crippen molar-refractivity contribution < 1.29 is 4.57 Å². The molecular weight excluding hydrogens is 282 g/mol. The minimum atomic E-state index is -0.0665. The van der Waals surface area contributed by atoms with Crippen LogP contribution >= 0.6 is 23.6 Å². The summed E-state index contributed by atoms with van der Waals surface area (Å²) in [4.78, 5) is 12.4. The van der Waals surface area contributed by atoms with E-state index in [0.717, 1.165) is 17.2 Å². The van der Waals surface area contributed by atoms with Crippen molar-refractivity contribution in [3.63, 3.8) is 0 Å². The second kappa shape index (κ2) is 5.72. The molecule has 2 heterocycles. The van der Waals surface area contributed by atoms with Crippen LogP contribution in [0, 0.1) is 0 Å². The van der Waals surface area contributed by atoms with Gasteiger partial charge in [-0.2, -0.15) is 9.67 Å². The molecule has 0 aromatic carbocycles. The van der Waals surface area contributed by atoms with Gasteiger partial charge in [-0.15, -0.1) is 0 Å². The van der Waals surface area contributed by atoms with Crippen molar-refractivity contribution in [3.8, 4) is 5.82 Å². The van der Waals surface area contributed by atoms with Crippen molar-refractivity contribution in [2.45, 2.75) is 0 Å². The van der Waals surface area contributed by atoms with Gasteiger partial charge in [0.2, 0.25) is 0 Å². The molecule has 3 N–H and O–H groups in total. The Balaban J connectivity index is 2.45. The molecule has 0 unspecified atom stereocenters. The van der Waals surface area contributed by atoms with Crippen LogP contribution in [0.25, 0.3) is 5.82 Å². The van der Waals surface area contributed by atoms with Crippen molar-refractivity contribution in [2.75, 3.05) is 0 Å². The topological polar surface area (TPSA) is 76.3 Å². The number of hydrazone groups is 1. The van der Waals surface area contributed by atoms with E-state index in [0.29, 0.717) is 4.88 Å². The summed E-state index contributed by atoms with van der Waals surface area (Å²) < 4.78 is 3.41. The zero-order valence-electron chi connectivity index (χ0n) is 10.1. The van der Waals surface area contributed by atoms with Crippen LogP contribution in [-0.4, -0.2) is 15.9 Å². The van der Waals surface area contributed by atoms with Gasteiger partial charge in [-0.05, 0) is 35.7 Å². The highest BCUT2D eigenvalue weighted by Gasteiger charge is 2.20. The number of hydrogen-bond donors (Lipinski definition) is 2. The zero-order chi connectivity index (χ0) is 13.8. The first-order chi connectivity index (χ1) is 9.09. The van der Waals surface area contributed by atoms with Crippen LogP contribution in [-0.2, 0) is 7.05 Å². The lowest BCUT2D eigenvalue weighted by molar-refractivity contribution is -0.601. The van der Waals surface area contributed by atoms with E-state index < -0.39 is 0 Å². The number of aromatic nitrogens is 2. The first-order valence-corrected chi connectivity index (χ1v) is 6.57. The lowest BCUT2D eigenvalue weighted by Gasteiger charge is -1.98. The molecule has 2 rings (SSSR count). The minimum absolute atomic E-state index is 0.0665. The van der Waals surface area contributed by atoms with Crippen LogP contribution in [0.5, 0.6) is 0 Å². The highest BCUT2D eigenvalue weighted by molar-refractivity contribution is 7.80. The van der Waals surface area contributed by atoms with Gasteiger partial charge in [0.1, 0.15) is 4.88 Å². The Hall–Kier alpha value is -2.06. The second-order valence-corrected chi connectivity index (χ2v) is 5.06. The predicted molar refractivity (Wildman–Crippen MR) is 78.6 cm³/mol. The van der Waals surface area contributed by atoms with Gasteiger partial charge in [0.15, 0.2) is 5.11 Å². The summed E-state index contributed by atoms with van der Waals surface area (Å²) in [6.07, 6.45) is 5.25. The van der Waals surface area contributed by atoms with E-state index in [1.54, 1.807) is 11.6 Å². The lowest BCUT2D eigenvalue weighted by Crippen LogP contribution is -2.34. The maximum absolute atomic E-state index is 11.8. The van der Waals surface area contributed by atoms with E-state index in [-0.39, 0.29) is 9.99 Å². The molecule has 0 bridgehead atoms. The molecule has 0 saturated carbocycles. The van der Waals surface area contributed by atoms with Gasteiger partial charge < -0.3 is 5.73 Å². The molecule has 2 aromatic heterocycles. The number of nitrogens with one attached hydrogen (secondary N) is 1. The molecule has 0 atom stereocenters. The number of hydrogen-bond acceptors (Lipinski definition) is 4. The zero-order valence-corrected chi connectivity index (χ0v) is 11.7. The number of nitrogens with zero attached hydrogens (tertiary/aromatic N) is 3. The summed E-state index contributed by atoms with van der Waals surface area (Å²) in [7, 11) is 1.71. The lowest BCUT2D eigenvalue weighted by atomic mass is 10.4. The molecule has 0 spiro atoms. The molecule has 0 aliphatic rings. The maximum atomic E-state index is 11.8. The van der Waals surface area contributed by atoms with Crippen molar-refractivity contribution in [1.82, 2.24) is 9.99 Å². The first kappa shape index (κ1) is 13.4. The number of nitrogens with two attached hydrogens (primary N) is 1. The Morgan fingerprint density at radius 3 is 2.84 bits per heavy atom. The average Bonchev–Trinajstić information content (AvgIpc) is 2.66. The number of rotatable bonds is 3. The van der Waals surface area contributed by atoms with E-state index in [1.807, 2.05) is 35.2 Å². The summed E-state index contributed by atoms with van der Waals surface area (Å²) in [6.45, 7) is 0. The van der Waals surface area contributed by atoms with Crippen molar-refractivity contribution in [1.29, 1.82) is 0 Å². The SMILES string of the molecule is Cn1c(-[n+]2ccccc2)c(C=NNC(N)=S)sc1=O. The molecule has 0 radical (unpaired) electrons. The highest BCUT2D eigenvalue weighted by atomic mass is 32.1. The smallest absolute Gasteiger partial charge is 0.375 e. The van der Waals surface area contributed by atoms with Gasteiger partial charge in [0, 0.05) is 0 Å². The highest BCUT2D eigenvalue weighted by Crippen LogP contribution is 2.08. The fourth-order valence-electron chi connectivity index (χ4n) is 1.54. The largest absolute Gasteiger partial charge is 0.392 e. The molecule has 0 saturated heterocycles. The van der Waals surface area contributed by atoms with E-state index in [9.17, 15) is 4.79 Å². The molecule has 6 nitrogen and oxygen atoms in total. The van der Waals surface area contributed by atoms with Crippen molar-refractivity contribution >= 4 is 34.9 Å².